The van der Waals surface area contributed by atoms with E-state index in [0.29, 0.717) is 6.42 Å². The average molecular weight is 327 g/mol. The zero-order valence-electron chi connectivity index (χ0n) is 13.4. The van der Waals surface area contributed by atoms with Crippen molar-refractivity contribution in [3.05, 3.63) is 53.9 Å². The van der Waals surface area contributed by atoms with Gasteiger partial charge in [0.1, 0.15) is 12.6 Å². The number of benzene rings is 1. The lowest BCUT2D eigenvalue weighted by Gasteiger charge is -2.28. The Balaban J connectivity index is 1.66. The molecule has 126 valence electrons. The summed E-state index contributed by atoms with van der Waals surface area (Å²) in [5.41, 5.74) is 2.51. The molecule has 0 saturated carbocycles. The lowest BCUT2D eigenvalue weighted by atomic mass is 9.79. The van der Waals surface area contributed by atoms with Gasteiger partial charge < -0.3 is 10.4 Å². The first-order valence-corrected chi connectivity index (χ1v) is 8.21. The van der Waals surface area contributed by atoms with Gasteiger partial charge in [-0.2, -0.15) is 5.10 Å². The van der Waals surface area contributed by atoms with Gasteiger partial charge in [0.25, 0.3) is 0 Å². The number of hydrogen-bond donors (Lipinski definition) is 2. The van der Waals surface area contributed by atoms with Crippen LogP contribution in [-0.4, -0.2) is 32.8 Å². The number of aryl methyl sites for hydroxylation is 1. The molecule has 0 spiro atoms. The third-order valence-electron chi connectivity index (χ3n) is 4.51. The molecule has 1 amide bonds. The molecule has 2 unspecified atom stereocenters. The number of carboxylic acids is 1. The summed E-state index contributed by atoms with van der Waals surface area (Å²) in [5.74, 6) is -1.16. The summed E-state index contributed by atoms with van der Waals surface area (Å²) in [6.07, 6.45) is 6.71. The molecule has 0 aliphatic heterocycles. The highest BCUT2D eigenvalue weighted by Crippen LogP contribution is 2.34. The Bertz CT molecular complexity index is 712. The van der Waals surface area contributed by atoms with Crippen molar-refractivity contribution in [1.29, 1.82) is 0 Å². The Hall–Kier alpha value is -2.63. The molecule has 24 heavy (non-hydrogen) atoms. The Labute approximate surface area is 140 Å². The SMILES string of the molecule is O=C(Cn1cccn1)NC(CC1CCCc2ccccc21)C(=O)O. The molecule has 6 nitrogen and oxygen atoms in total. The zero-order valence-corrected chi connectivity index (χ0v) is 13.4. The second-order valence-electron chi connectivity index (χ2n) is 6.19. The molecule has 1 aliphatic carbocycles. The molecule has 0 bridgehead atoms. The fourth-order valence-corrected chi connectivity index (χ4v) is 3.39. The van der Waals surface area contributed by atoms with Crippen LogP contribution in [-0.2, 0) is 22.6 Å². The number of carboxylic acid groups (broad SMARTS) is 1. The number of hydrogen-bond acceptors (Lipinski definition) is 3. The number of nitrogens with zero attached hydrogens (tertiary/aromatic N) is 2. The smallest absolute Gasteiger partial charge is 0.326 e. The lowest BCUT2D eigenvalue weighted by Crippen LogP contribution is -2.43. The van der Waals surface area contributed by atoms with Gasteiger partial charge in [0.05, 0.1) is 0 Å². The number of aliphatic carboxylic acids is 1. The van der Waals surface area contributed by atoms with Gasteiger partial charge >= 0.3 is 5.97 Å². The van der Waals surface area contributed by atoms with Crippen molar-refractivity contribution in [1.82, 2.24) is 15.1 Å². The molecular formula is C18H21N3O3. The van der Waals surface area contributed by atoms with Crippen molar-refractivity contribution in [3.8, 4) is 0 Å². The highest BCUT2D eigenvalue weighted by Gasteiger charge is 2.28. The maximum atomic E-state index is 12.1. The molecule has 1 aliphatic rings. The minimum absolute atomic E-state index is 0.0258. The highest BCUT2D eigenvalue weighted by molar-refractivity contribution is 5.83. The second-order valence-corrected chi connectivity index (χ2v) is 6.19. The number of carbonyl (C=O) groups excluding carboxylic acids is 1. The van der Waals surface area contributed by atoms with Crippen LogP contribution in [0.25, 0.3) is 0 Å². The molecule has 0 radical (unpaired) electrons. The van der Waals surface area contributed by atoms with Gasteiger partial charge in [-0.25, -0.2) is 4.79 Å². The Morgan fingerprint density at radius 1 is 1.33 bits per heavy atom. The second kappa shape index (κ2) is 7.29. The lowest BCUT2D eigenvalue weighted by molar-refractivity contribution is -0.142. The standard InChI is InChI=1S/C18H21N3O3/c22-17(12-21-10-4-9-19-21)20-16(18(23)24)11-14-7-3-6-13-5-1-2-8-15(13)14/h1-2,4-5,8-10,14,16H,3,6-7,11-12H2,(H,20,22)(H,23,24). The van der Waals surface area contributed by atoms with Crippen LogP contribution in [0.2, 0.25) is 0 Å². The van der Waals surface area contributed by atoms with Crippen LogP contribution in [0.5, 0.6) is 0 Å². The van der Waals surface area contributed by atoms with Gasteiger partial charge in [0, 0.05) is 12.4 Å². The van der Waals surface area contributed by atoms with Gasteiger partial charge in [-0.05, 0) is 48.8 Å². The average Bonchev–Trinajstić information content (AvgIpc) is 3.07. The number of aromatic nitrogens is 2. The van der Waals surface area contributed by atoms with Crippen molar-refractivity contribution < 1.29 is 14.7 Å². The van der Waals surface area contributed by atoms with Crippen LogP contribution in [0.4, 0.5) is 0 Å². The number of amides is 1. The summed E-state index contributed by atoms with van der Waals surface area (Å²) in [6, 6.07) is 9.02. The molecule has 6 heteroatoms. The van der Waals surface area contributed by atoms with E-state index in [4.69, 9.17) is 0 Å². The summed E-state index contributed by atoms with van der Waals surface area (Å²) >= 11 is 0. The van der Waals surface area contributed by atoms with Crippen molar-refractivity contribution in [2.24, 2.45) is 0 Å². The van der Waals surface area contributed by atoms with E-state index in [2.05, 4.69) is 22.5 Å². The van der Waals surface area contributed by atoms with E-state index in [1.165, 1.54) is 15.8 Å². The normalized spacial score (nSPS) is 17.8. The fraction of sp³-hybridized carbons (Fsp3) is 0.389. The fourth-order valence-electron chi connectivity index (χ4n) is 3.39. The van der Waals surface area contributed by atoms with E-state index in [-0.39, 0.29) is 18.4 Å². The third-order valence-corrected chi connectivity index (χ3v) is 4.51. The highest BCUT2D eigenvalue weighted by atomic mass is 16.4. The molecular weight excluding hydrogens is 306 g/mol. The van der Waals surface area contributed by atoms with E-state index < -0.39 is 12.0 Å². The van der Waals surface area contributed by atoms with Crippen LogP contribution in [0, 0.1) is 0 Å². The third kappa shape index (κ3) is 3.82. The van der Waals surface area contributed by atoms with Crippen molar-refractivity contribution in [2.75, 3.05) is 0 Å². The predicted molar refractivity (Wildman–Crippen MR) is 88.5 cm³/mol. The van der Waals surface area contributed by atoms with Gasteiger partial charge in [0.2, 0.25) is 5.91 Å². The van der Waals surface area contributed by atoms with Crippen LogP contribution in [0.15, 0.2) is 42.7 Å². The maximum absolute atomic E-state index is 12.1. The molecule has 3 rings (SSSR count). The Morgan fingerprint density at radius 3 is 2.92 bits per heavy atom. The minimum atomic E-state index is -0.994. The van der Waals surface area contributed by atoms with E-state index in [0.717, 1.165) is 19.3 Å². The molecule has 1 aromatic carbocycles. The van der Waals surface area contributed by atoms with E-state index in [1.807, 2.05) is 12.1 Å². The van der Waals surface area contributed by atoms with Crippen molar-refractivity contribution in [3.63, 3.8) is 0 Å². The summed E-state index contributed by atoms with van der Waals surface area (Å²) in [7, 11) is 0. The number of carbonyl (C=O) groups is 2. The quantitative estimate of drug-likeness (QED) is 0.849. The first kappa shape index (κ1) is 16.2. The topological polar surface area (TPSA) is 84.2 Å². The van der Waals surface area contributed by atoms with E-state index in [9.17, 15) is 14.7 Å². The molecule has 2 N–H and O–H groups in total. The molecule has 2 atom stereocenters. The number of fused-ring (bicyclic) bond motifs is 1. The number of rotatable bonds is 6. The summed E-state index contributed by atoms with van der Waals surface area (Å²) in [4.78, 5) is 23.7. The first-order chi connectivity index (χ1) is 11.6. The van der Waals surface area contributed by atoms with Gasteiger partial charge in [-0.15, -0.1) is 0 Å². The van der Waals surface area contributed by atoms with Gasteiger partial charge in [0.15, 0.2) is 0 Å². The Morgan fingerprint density at radius 2 is 2.17 bits per heavy atom. The molecule has 2 aromatic rings. The van der Waals surface area contributed by atoms with E-state index >= 15 is 0 Å². The predicted octanol–water partition coefficient (Wildman–Crippen LogP) is 1.96. The van der Waals surface area contributed by atoms with Crippen LogP contribution in [0.1, 0.15) is 36.3 Å². The van der Waals surface area contributed by atoms with Crippen LogP contribution < -0.4 is 5.32 Å². The molecule has 0 saturated heterocycles. The molecule has 1 heterocycles. The number of nitrogens with one attached hydrogen (secondary N) is 1. The summed E-state index contributed by atoms with van der Waals surface area (Å²) < 4.78 is 1.48. The zero-order chi connectivity index (χ0) is 16.9. The largest absolute Gasteiger partial charge is 0.480 e. The summed E-state index contributed by atoms with van der Waals surface area (Å²) in [5, 5.41) is 16.1. The minimum Gasteiger partial charge on any atom is -0.480 e. The van der Waals surface area contributed by atoms with Crippen LogP contribution in [0.3, 0.4) is 0 Å². The van der Waals surface area contributed by atoms with Crippen molar-refractivity contribution >= 4 is 11.9 Å². The molecule has 1 aromatic heterocycles. The molecule has 0 fully saturated rings. The first-order valence-electron chi connectivity index (χ1n) is 8.21. The summed E-state index contributed by atoms with van der Waals surface area (Å²) in [6.45, 7) is 0.0258. The Kier molecular flexibility index (Phi) is 4.93. The van der Waals surface area contributed by atoms with E-state index in [1.54, 1.807) is 18.5 Å². The van der Waals surface area contributed by atoms with Gasteiger partial charge in [-0.3, -0.25) is 9.48 Å². The van der Waals surface area contributed by atoms with Gasteiger partial charge in [-0.1, -0.05) is 24.3 Å². The van der Waals surface area contributed by atoms with Crippen molar-refractivity contribution in [2.45, 2.75) is 44.2 Å². The monoisotopic (exact) mass is 327 g/mol. The van der Waals surface area contributed by atoms with Crippen LogP contribution >= 0.6 is 0 Å². The maximum Gasteiger partial charge on any atom is 0.326 e.